The van der Waals surface area contributed by atoms with Crippen LogP contribution >= 0.6 is 0 Å². The molecule has 0 radical (unpaired) electrons. The van der Waals surface area contributed by atoms with Gasteiger partial charge in [0.25, 0.3) is 5.56 Å². The van der Waals surface area contributed by atoms with E-state index < -0.39 is 5.69 Å². The van der Waals surface area contributed by atoms with Crippen LogP contribution in [0.5, 0.6) is 0 Å². The van der Waals surface area contributed by atoms with Gasteiger partial charge in [0.1, 0.15) is 6.73 Å². The minimum Gasteiger partial charge on any atom is -0.356 e. The summed E-state index contributed by atoms with van der Waals surface area (Å²) in [7, 11) is 0. The van der Waals surface area contributed by atoms with E-state index in [2.05, 4.69) is 29.2 Å². The van der Waals surface area contributed by atoms with Gasteiger partial charge in [-0.15, -0.1) is 0 Å². The van der Waals surface area contributed by atoms with Crippen LogP contribution in [0, 0.1) is 6.92 Å². The second kappa shape index (κ2) is 8.51. The van der Waals surface area contributed by atoms with Gasteiger partial charge < -0.3 is 4.74 Å². The number of H-pyrrole nitrogens is 1. The van der Waals surface area contributed by atoms with Crippen molar-refractivity contribution in [3.05, 3.63) is 116 Å². The third-order valence-corrected chi connectivity index (χ3v) is 5.50. The van der Waals surface area contributed by atoms with Gasteiger partial charge in [-0.1, -0.05) is 79.7 Å². The smallest absolute Gasteiger partial charge is 0.330 e. The number of nitrogens with one attached hydrogen (secondary N) is 1. The number of hydrogen-bond acceptors (Lipinski definition) is 3. The molecule has 0 fully saturated rings. The molecule has 0 aliphatic heterocycles. The Labute approximate surface area is 174 Å². The third kappa shape index (κ3) is 3.98. The molecule has 0 spiro atoms. The first kappa shape index (κ1) is 19.9. The first-order valence-electron chi connectivity index (χ1n) is 9.98. The van der Waals surface area contributed by atoms with Gasteiger partial charge in [-0.05, 0) is 28.8 Å². The van der Waals surface area contributed by atoms with E-state index in [9.17, 15) is 9.59 Å². The maximum absolute atomic E-state index is 12.6. The first-order valence-corrected chi connectivity index (χ1v) is 9.98. The Hall–Kier alpha value is -3.44. The Morgan fingerprint density at radius 2 is 1.63 bits per heavy atom. The third-order valence-electron chi connectivity index (χ3n) is 5.50. The van der Waals surface area contributed by atoms with E-state index in [1.165, 1.54) is 4.57 Å². The summed E-state index contributed by atoms with van der Waals surface area (Å²) in [5.41, 5.74) is 2.45. The molecule has 1 aromatic heterocycles. The van der Waals surface area contributed by atoms with Crippen LogP contribution in [0.4, 0.5) is 0 Å². The van der Waals surface area contributed by atoms with Crippen LogP contribution in [0.1, 0.15) is 35.2 Å². The Balaban J connectivity index is 1.70. The molecular weight excluding hydrogens is 376 g/mol. The van der Waals surface area contributed by atoms with Crippen LogP contribution in [-0.4, -0.2) is 9.55 Å². The van der Waals surface area contributed by atoms with Crippen molar-refractivity contribution in [1.82, 2.24) is 9.55 Å². The van der Waals surface area contributed by atoms with Crippen LogP contribution in [0.2, 0.25) is 0 Å². The van der Waals surface area contributed by atoms with E-state index >= 15 is 0 Å². The fraction of sp³-hybridized carbons (Fsp3) is 0.200. The standard InChI is InChI=1S/C25H24N2O3/c1-17(21-13-12-20-10-6-7-11-22(20)14-21)23-18(2)24(28)26-25(29)27(23)16-30-15-19-8-4-3-5-9-19/h3-14,17H,15-16H2,1-2H3,(H,26,28,29). The molecule has 5 heteroatoms. The number of fused-ring (bicyclic) bond motifs is 1. The molecule has 30 heavy (non-hydrogen) atoms. The van der Waals surface area contributed by atoms with Gasteiger partial charge in [-0.3, -0.25) is 14.3 Å². The van der Waals surface area contributed by atoms with Gasteiger partial charge in [0.15, 0.2) is 0 Å². The molecule has 0 bridgehead atoms. The molecule has 1 unspecified atom stereocenters. The predicted molar refractivity (Wildman–Crippen MR) is 119 cm³/mol. The van der Waals surface area contributed by atoms with E-state index in [0.717, 1.165) is 21.9 Å². The van der Waals surface area contributed by atoms with Gasteiger partial charge >= 0.3 is 5.69 Å². The molecule has 4 aromatic rings. The molecule has 152 valence electrons. The summed E-state index contributed by atoms with van der Waals surface area (Å²) < 4.78 is 7.35. The van der Waals surface area contributed by atoms with Crippen molar-refractivity contribution < 1.29 is 4.74 Å². The molecule has 1 atom stereocenters. The van der Waals surface area contributed by atoms with E-state index in [4.69, 9.17) is 4.74 Å². The lowest BCUT2D eigenvalue weighted by Crippen LogP contribution is -2.36. The maximum Gasteiger partial charge on any atom is 0.330 e. The average molecular weight is 400 g/mol. The van der Waals surface area contributed by atoms with Crippen LogP contribution in [0.15, 0.2) is 82.4 Å². The van der Waals surface area contributed by atoms with E-state index in [1.54, 1.807) is 6.92 Å². The van der Waals surface area contributed by atoms with Crippen LogP contribution < -0.4 is 11.2 Å². The Kier molecular flexibility index (Phi) is 5.63. The summed E-state index contributed by atoms with van der Waals surface area (Å²) in [5, 5.41) is 2.28. The summed E-state index contributed by atoms with van der Waals surface area (Å²) in [6.45, 7) is 4.21. The lowest BCUT2D eigenvalue weighted by molar-refractivity contribution is 0.0584. The lowest BCUT2D eigenvalue weighted by atomic mass is 9.92. The number of ether oxygens (including phenoxy) is 1. The predicted octanol–water partition coefficient (Wildman–Crippen LogP) is 4.32. The van der Waals surface area contributed by atoms with Gasteiger partial charge in [-0.2, -0.15) is 0 Å². The second-order valence-corrected chi connectivity index (χ2v) is 7.49. The van der Waals surface area contributed by atoms with E-state index in [1.807, 2.05) is 55.5 Å². The molecule has 0 saturated heterocycles. The molecular formula is C25H24N2O3. The first-order chi connectivity index (χ1) is 14.5. The van der Waals surface area contributed by atoms with Crippen molar-refractivity contribution in [1.29, 1.82) is 0 Å². The summed E-state index contributed by atoms with van der Waals surface area (Å²) in [4.78, 5) is 27.4. The Morgan fingerprint density at radius 1 is 0.933 bits per heavy atom. The molecule has 4 rings (SSSR count). The van der Waals surface area contributed by atoms with E-state index in [-0.39, 0.29) is 18.2 Å². The number of hydrogen-bond donors (Lipinski definition) is 1. The molecule has 5 nitrogen and oxygen atoms in total. The second-order valence-electron chi connectivity index (χ2n) is 7.49. The van der Waals surface area contributed by atoms with Gasteiger partial charge in [-0.25, -0.2) is 4.79 Å². The number of aromatic nitrogens is 2. The number of rotatable bonds is 6. The van der Waals surface area contributed by atoms with E-state index in [0.29, 0.717) is 17.9 Å². The zero-order valence-electron chi connectivity index (χ0n) is 17.1. The largest absolute Gasteiger partial charge is 0.356 e. The summed E-state index contributed by atoms with van der Waals surface area (Å²) in [6, 6.07) is 24.1. The number of benzene rings is 3. The highest BCUT2D eigenvalue weighted by molar-refractivity contribution is 5.83. The average Bonchev–Trinajstić information content (AvgIpc) is 2.77. The molecule has 0 aliphatic rings. The molecule has 1 N–H and O–H groups in total. The summed E-state index contributed by atoms with van der Waals surface area (Å²) in [5.74, 6) is -0.148. The Bertz CT molecular complexity index is 1290. The van der Waals surface area contributed by atoms with Crippen molar-refractivity contribution in [2.45, 2.75) is 33.1 Å². The molecule has 3 aromatic carbocycles. The highest BCUT2D eigenvalue weighted by atomic mass is 16.5. The topological polar surface area (TPSA) is 64.1 Å². The van der Waals surface area contributed by atoms with Crippen molar-refractivity contribution in [2.24, 2.45) is 0 Å². The normalized spacial score (nSPS) is 12.2. The lowest BCUT2D eigenvalue weighted by Gasteiger charge is -2.21. The summed E-state index contributed by atoms with van der Waals surface area (Å²) in [6.07, 6.45) is 0. The molecule has 1 heterocycles. The highest BCUT2D eigenvalue weighted by Crippen LogP contribution is 2.27. The highest BCUT2D eigenvalue weighted by Gasteiger charge is 2.19. The van der Waals surface area contributed by atoms with Crippen molar-refractivity contribution in [3.8, 4) is 0 Å². The van der Waals surface area contributed by atoms with Crippen LogP contribution in [0.3, 0.4) is 0 Å². The van der Waals surface area contributed by atoms with Gasteiger partial charge in [0.2, 0.25) is 0 Å². The van der Waals surface area contributed by atoms with Crippen molar-refractivity contribution in [2.75, 3.05) is 0 Å². The number of aromatic amines is 1. The molecule has 0 amide bonds. The monoisotopic (exact) mass is 400 g/mol. The van der Waals surface area contributed by atoms with Crippen LogP contribution in [-0.2, 0) is 18.1 Å². The zero-order chi connectivity index (χ0) is 21.1. The summed E-state index contributed by atoms with van der Waals surface area (Å²) >= 11 is 0. The fourth-order valence-electron chi connectivity index (χ4n) is 3.84. The molecule has 0 aliphatic carbocycles. The number of nitrogens with zero attached hydrogens (tertiary/aromatic N) is 1. The maximum atomic E-state index is 12.6. The fourth-order valence-corrected chi connectivity index (χ4v) is 3.84. The zero-order valence-corrected chi connectivity index (χ0v) is 17.1. The quantitative estimate of drug-likeness (QED) is 0.524. The SMILES string of the molecule is Cc1c(C(C)c2ccc3ccccc3c2)n(COCc2ccccc2)c(=O)[nH]c1=O. The molecule has 0 saturated carbocycles. The van der Waals surface area contributed by atoms with Crippen molar-refractivity contribution in [3.63, 3.8) is 0 Å². The van der Waals surface area contributed by atoms with Gasteiger partial charge in [0, 0.05) is 17.2 Å². The minimum absolute atomic E-state index is 0.0681. The van der Waals surface area contributed by atoms with Crippen molar-refractivity contribution >= 4 is 10.8 Å². The van der Waals surface area contributed by atoms with Crippen LogP contribution in [0.25, 0.3) is 10.8 Å². The Morgan fingerprint density at radius 3 is 2.40 bits per heavy atom. The minimum atomic E-state index is -0.457. The van der Waals surface area contributed by atoms with Gasteiger partial charge in [0.05, 0.1) is 6.61 Å².